The van der Waals surface area contributed by atoms with Gasteiger partial charge in [-0.3, -0.25) is 14.5 Å². The Bertz CT molecular complexity index is 577. The standard InChI is InChI=1S/C12H11NO3S3/c1-7-3-5-18-8(7)6-9-11(16)13(12(17)19-9)4-2-10(14)15/h3,5-6H,2,4H2,1H3,(H,14,15)/b9-6+. The van der Waals surface area contributed by atoms with Gasteiger partial charge in [0.2, 0.25) is 0 Å². The highest BCUT2D eigenvalue weighted by Gasteiger charge is 2.32. The number of hydrogen-bond acceptors (Lipinski definition) is 5. The van der Waals surface area contributed by atoms with Crippen LogP contribution in [0.2, 0.25) is 0 Å². The largest absolute Gasteiger partial charge is 0.481 e. The van der Waals surface area contributed by atoms with Crippen molar-refractivity contribution in [1.29, 1.82) is 0 Å². The fourth-order valence-corrected chi connectivity index (χ4v) is 3.78. The van der Waals surface area contributed by atoms with E-state index in [1.54, 1.807) is 11.3 Å². The van der Waals surface area contributed by atoms with E-state index in [0.717, 1.165) is 10.4 Å². The smallest absolute Gasteiger partial charge is 0.305 e. The van der Waals surface area contributed by atoms with Crippen LogP contribution < -0.4 is 0 Å². The van der Waals surface area contributed by atoms with E-state index in [4.69, 9.17) is 17.3 Å². The molecule has 0 saturated carbocycles. The third-order valence-corrected chi connectivity index (χ3v) is 4.93. The fourth-order valence-electron chi connectivity index (χ4n) is 1.55. The number of amides is 1. The van der Waals surface area contributed by atoms with Crippen LogP contribution in [0, 0.1) is 6.92 Å². The summed E-state index contributed by atoms with van der Waals surface area (Å²) >= 11 is 7.90. The number of thioether (sulfide) groups is 1. The normalized spacial score (nSPS) is 17.5. The van der Waals surface area contributed by atoms with E-state index < -0.39 is 5.97 Å². The minimum atomic E-state index is -0.938. The van der Waals surface area contributed by atoms with Crippen LogP contribution in [0.5, 0.6) is 0 Å². The number of aliphatic carboxylic acids is 1. The van der Waals surface area contributed by atoms with Crippen LogP contribution in [0.25, 0.3) is 6.08 Å². The molecule has 19 heavy (non-hydrogen) atoms. The zero-order chi connectivity index (χ0) is 14.0. The zero-order valence-electron chi connectivity index (χ0n) is 10.1. The summed E-state index contributed by atoms with van der Waals surface area (Å²) in [5, 5.41) is 10.6. The monoisotopic (exact) mass is 313 g/mol. The van der Waals surface area contributed by atoms with Gasteiger partial charge in [-0.05, 0) is 30.0 Å². The Labute approximate surface area is 124 Å². The lowest BCUT2D eigenvalue weighted by atomic mass is 10.2. The Morgan fingerprint density at radius 3 is 2.89 bits per heavy atom. The Balaban J connectivity index is 2.16. The summed E-state index contributed by atoms with van der Waals surface area (Å²) in [6, 6.07) is 1.99. The number of hydrogen-bond donors (Lipinski definition) is 1. The maximum atomic E-state index is 12.1. The average molecular weight is 313 g/mol. The summed E-state index contributed by atoms with van der Waals surface area (Å²) in [5.41, 5.74) is 1.11. The summed E-state index contributed by atoms with van der Waals surface area (Å²) in [6.45, 7) is 2.11. The molecule has 7 heteroatoms. The van der Waals surface area contributed by atoms with Gasteiger partial charge in [0.1, 0.15) is 4.32 Å². The van der Waals surface area contributed by atoms with Gasteiger partial charge in [-0.2, -0.15) is 0 Å². The number of thiophene rings is 1. The molecule has 1 aliphatic heterocycles. The molecule has 2 rings (SSSR count). The molecule has 0 atom stereocenters. The maximum Gasteiger partial charge on any atom is 0.305 e. The molecule has 4 nitrogen and oxygen atoms in total. The van der Waals surface area contributed by atoms with Crippen LogP contribution in [0.15, 0.2) is 16.4 Å². The lowest BCUT2D eigenvalue weighted by molar-refractivity contribution is -0.137. The summed E-state index contributed by atoms with van der Waals surface area (Å²) in [7, 11) is 0. The molecule has 1 aromatic rings. The predicted molar refractivity (Wildman–Crippen MR) is 81.2 cm³/mol. The van der Waals surface area contributed by atoms with E-state index in [-0.39, 0.29) is 18.9 Å². The molecule has 1 fully saturated rings. The Hall–Kier alpha value is -1.18. The highest BCUT2D eigenvalue weighted by atomic mass is 32.2. The van der Waals surface area contributed by atoms with Crippen LogP contribution in [0.3, 0.4) is 0 Å². The third-order valence-electron chi connectivity index (χ3n) is 2.59. The lowest BCUT2D eigenvalue weighted by Crippen LogP contribution is -2.30. The molecule has 1 amide bonds. The Morgan fingerprint density at radius 1 is 1.58 bits per heavy atom. The van der Waals surface area contributed by atoms with Crippen molar-refractivity contribution in [2.75, 3.05) is 6.54 Å². The van der Waals surface area contributed by atoms with Gasteiger partial charge in [0.15, 0.2) is 0 Å². The topological polar surface area (TPSA) is 57.6 Å². The molecule has 0 radical (unpaired) electrons. The van der Waals surface area contributed by atoms with Gasteiger partial charge >= 0.3 is 5.97 Å². The predicted octanol–water partition coefficient (Wildman–Crippen LogP) is 2.73. The minimum absolute atomic E-state index is 0.0995. The van der Waals surface area contributed by atoms with Crippen LogP contribution >= 0.6 is 35.3 Å². The maximum absolute atomic E-state index is 12.1. The van der Waals surface area contributed by atoms with Crippen molar-refractivity contribution < 1.29 is 14.7 Å². The molecule has 0 aliphatic carbocycles. The van der Waals surface area contributed by atoms with Gasteiger partial charge in [0.25, 0.3) is 5.91 Å². The third kappa shape index (κ3) is 3.23. The number of nitrogens with zero attached hydrogens (tertiary/aromatic N) is 1. The summed E-state index contributed by atoms with van der Waals surface area (Å²) in [4.78, 5) is 25.6. The lowest BCUT2D eigenvalue weighted by Gasteiger charge is -2.12. The van der Waals surface area contributed by atoms with Crippen molar-refractivity contribution in [3.63, 3.8) is 0 Å². The van der Waals surface area contributed by atoms with E-state index in [0.29, 0.717) is 9.23 Å². The molecule has 0 bridgehead atoms. The van der Waals surface area contributed by atoms with E-state index in [9.17, 15) is 9.59 Å². The van der Waals surface area contributed by atoms with Crippen molar-refractivity contribution in [3.05, 3.63) is 26.8 Å². The fraction of sp³-hybridized carbons (Fsp3) is 0.250. The van der Waals surface area contributed by atoms with Crippen LogP contribution in [-0.4, -0.2) is 32.7 Å². The van der Waals surface area contributed by atoms with Crippen molar-refractivity contribution >= 4 is 57.6 Å². The van der Waals surface area contributed by atoms with E-state index in [2.05, 4.69) is 0 Å². The molecular weight excluding hydrogens is 302 g/mol. The van der Waals surface area contributed by atoms with Crippen molar-refractivity contribution in [2.24, 2.45) is 0 Å². The number of rotatable bonds is 4. The summed E-state index contributed by atoms with van der Waals surface area (Å²) in [6.07, 6.45) is 1.72. The molecule has 0 spiro atoms. The quantitative estimate of drug-likeness (QED) is 0.684. The molecule has 1 aromatic heterocycles. The number of carboxylic acids is 1. The van der Waals surface area contributed by atoms with Gasteiger partial charge < -0.3 is 5.11 Å². The number of aryl methyl sites for hydroxylation is 1. The second kappa shape index (κ2) is 5.85. The first-order valence-electron chi connectivity index (χ1n) is 5.50. The molecular formula is C12H11NO3S3. The first-order valence-corrected chi connectivity index (χ1v) is 7.60. The van der Waals surface area contributed by atoms with E-state index >= 15 is 0 Å². The van der Waals surface area contributed by atoms with E-state index in [1.807, 2.05) is 24.4 Å². The first-order chi connectivity index (χ1) is 8.99. The van der Waals surface area contributed by atoms with Crippen molar-refractivity contribution in [3.8, 4) is 0 Å². The summed E-state index contributed by atoms with van der Waals surface area (Å²) in [5.74, 6) is -1.14. The second-order valence-corrected chi connectivity index (χ2v) is 6.57. The number of carbonyl (C=O) groups is 2. The molecule has 1 aliphatic rings. The van der Waals surface area contributed by atoms with Gasteiger partial charge in [0.05, 0.1) is 11.3 Å². The van der Waals surface area contributed by atoms with Gasteiger partial charge in [0, 0.05) is 11.4 Å². The number of carbonyl (C=O) groups excluding carboxylic acids is 1. The number of carboxylic acid groups (broad SMARTS) is 1. The van der Waals surface area contributed by atoms with Crippen molar-refractivity contribution in [1.82, 2.24) is 4.90 Å². The molecule has 1 N–H and O–H groups in total. The van der Waals surface area contributed by atoms with Crippen molar-refractivity contribution in [2.45, 2.75) is 13.3 Å². The van der Waals surface area contributed by atoms with Crippen LogP contribution in [0.1, 0.15) is 16.9 Å². The molecule has 1 saturated heterocycles. The first kappa shape index (κ1) is 14.2. The molecule has 2 heterocycles. The highest BCUT2D eigenvalue weighted by Crippen LogP contribution is 2.34. The van der Waals surface area contributed by atoms with Gasteiger partial charge in [-0.1, -0.05) is 24.0 Å². The average Bonchev–Trinajstić information content (AvgIpc) is 2.84. The Morgan fingerprint density at radius 2 is 2.32 bits per heavy atom. The van der Waals surface area contributed by atoms with Gasteiger partial charge in [-0.15, -0.1) is 11.3 Å². The van der Waals surface area contributed by atoms with Crippen LogP contribution in [-0.2, 0) is 9.59 Å². The second-order valence-electron chi connectivity index (χ2n) is 3.94. The SMILES string of the molecule is Cc1ccsc1/C=C1/SC(=S)N(CCC(=O)O)C1=O. The Kier molecular flexibility index (Phi) is 4.38. The number of thiocarbonyl (C=S) groups is 1. The highest BCUT2D eigenvalue weighted by molar-refractivity contribution is 8.26. The zero-order valence-corrected chi connectivity index (χ0v) is 12.5. The van der Waals surface area contributed by atoms with E-state index in [1.165, 1.54) is 16.7 Å². The minimum Gasteiger partial charge on any atom is -0.481 e. The van der Waals surface area contributed by atoms with Gasteiger partial charge in [-0.25, -0.2) is 0 Å². The van der Waals surface area contributed by atoms with Crippen LogP contribution in [0.4, 0.5) is 0 Å². The molecule has 100 valence electrons. The molecule has 0 aromatic carbocycles. The summed E-state index contributed by atoms with van der Waals surface area (Å²) < 4.78 is 0.423. The molecule has 0 unspecified atom stereocenters.